The van der Waals surface area contributed by atoms with Crippen LogP contribution in [0.4, 0.5) is 5.00 Å². The molecule has 2 amide bonds. The summed E-state index contributed by atoms with van der Waals surface area (Å²) >= 11 is 5.00. The monoisotopic (exact) mass is 490 g/mol. The maximum Gasteiger partial charge on any atom is 0.257 e. The molecular weight excluding hydrogens is 460 g/mol. The van der Waals surface area contributed by atoms with Crippen molar-refractivity contribution in [2.45, 2.75) is 66.3 Å². The van der Waals surface area contributed by atoms with Crippen LogP contribution >= 0.6 is 27.3 Å². The average molecular weight is 491 g/mol. The van der Waals surface area contributed by atoms with Crippen molar-refractivity contribution in [1.29, 1.82) is 0 Å². The van der Waals surface area contributed by atoms with E-state index in [2.05, 4.69) is 47.3 Å². The van der Waals surface area contributed by atoms with Gasteiger partial charge in [0.15, 0.2) is 0 Å². The molecule has 0 fully saturated rings. The summed E-state index contributed by atoms with van der Waals surface area (Å²) in [4.78, 5) is 27.4. The highest BCUT2D eigenvalue weighted by molar-refractivity contribution is 9.10. The van der Waals surface area contributed by atoms with Crippen LogP contribution < -0.4 is 10.6 Å². The van der Waals surface area contributed by atoms with E-state index in [0.29, 0.717) is 22.0 Å². The molecule has 162 valence electrons. The van der Waals surface area contributed by atoms with E-state index in [4.69, 9.17) is 0 Å². The second kappa shape index (κ2) is 8.46. The van der Waals surface area contributed by atoms with Crippen LogP contribution in [0.15, 0.2) is 28.7 Å². The van der Waals surface area contributed by atoms with Gasteiger partial charge in [0.1, 0.15) is 5.00 Å². The topological polar surface area (TPSA) is 58.2 Å². The molecule has 30 heavy (non-hydrogen) atoms. The molecule has 1 aliphatic carbocycles. The number of benzene rings is 1. The number of halogens is 1. The van der Waals surface area contributed by atoms with Crippen molar-refractivity contribution in [2.24, 2.45) is 11.3 Å². The normalized spacial score (nSPS) is 16.7. The van der Waals surface area contributed by atoms with Crippen LogP contribution in [0.25, 0.3) is 0 Å². The van der Waals surface area contributed by atoms with Crippen LogP contribution in [0.5, 0.6) is 0 Å². The maximum atomic E-state index is 13.2. The quantitative estimate of drug-likeness (QED) is 0.519. The minimum atomic E-state index is -0.349. The van der Waals surface area contributed by atoms with Gasteiger partial charge in [-0.1, -0.05) is 32.9 Å². The predicted octanol–water partition coefficient (Wildman–Crippen LogP) is 6.44. The molecule has 1 atom stereocenters. The van der Waals surface area contributed by atoms with Gasteiger partial charge in [-0.15, -0.1) is 11.3 Å². The first-order chi connectivity index (χ1) is 13.9. The fourth-order valence-corrected chi connectivity index (χ4v) is 5.66. The third-order valence-corrected chi connectivity index (χ3v) is 7.41. The zero-order chi connectivity index (χ0) is 22.3. The largest absolute Gasteiger partial charge is 0.347 e. The smallest absolute Gasteiger partial charge is 0.257 e. The summed E-state index contributed by atoms with van der Waals surface area (Å²) in [6.45, 7) is 12.7. The van der Waals surface area contributed by atoms with Crippen LogP contribution in [0.2, 0.25) is 0 Å². The third kappa shape index (κ3) is 5.14. The summed E-state index contributed by atoms with van der Waals surface area (Å²) in [5, 5.41) is 6.77. The van der Waals surface area contributed by atoms with E-state index in [1.165, 1.54) is 4.88 Å². The molecule has 0 spiro atoms. The first kappa shape index (κ1) is 23.0. The Hall–Kier alpha value is -1.66. The first-order valence-electron chi connectivity index (χ1n) is 10.4. The summed E-state index contributed by atoms with van der Waals surface area (Å²) in [5.41, 5.74) is 2.16. The van der Waals surface area contributed by atoms with Crippen molar-refractivity contribution in [2.75, 3.05) is 5.32 Å². The van der Waals surface area contributed by atoms with E-state index in [1.807, 2.05) is 39.0 Å². The van der Waals surface area contributed by atoms with E-state index in [0.717, 1.165) is 29.3 Å². The molecule has 1 heterocycles. The van der Waals surface area contributed by atoms with Gasteiger partial charge in [-0.2, -0.15) is 0 Å². The Morgan fingerprint density at radius 2 is 1.73 bits per heavy atom. The minimum absolute atomic E-state index is 0.114. The van der Waals surface area contributed by atoms with Crippen LogP contribution in [-0.4, -0.2) is 17.4 Å². The number of carbonyl (C=O) groups is 2. The molecule has 1 unspecified atom stereocenters. The van der Waals surface area contributed by atoms with Gasteiger partial charge >= 0.3 is 0 Å². The van der Waals surface area contributed by atoms with E-state index < -0.39 is 0 Å². The molecule has 2 aromatic rings. The summed E-state index contributed by atoms with van der Waals surface area (Å²) in [7, 11) is 0. The zero-order valence-corrected chi connectivity index (χ0v) is 21.0. The van der Waals surface area contributed by atoms with Gasteiger partial charge in [0.05, 0.1) is 11.1 Å². The number of carbonyl (C=O) groups excluding carboxylic acids is 2. The lowest BCUT2D eigenvalue weighted by Gasteiger charge is -2.34. The Morgan fingerprint density at radius 3 is 2.33 bits per heavy atom. The van der Waals surface area contributed by atoms with Crippen LogP contribution in [-0.2, 0) is 12.8 Å². The molecule has 3 rings (SSSR count). The molecule has 2 N–H and O–H groups in total. The van der Waals surface area contributed by atoms with Gasteiger partial charge < -0.3 is 10.6 Å². The lowest BCUT2D eigenvalue weighted by Crippen LogP contribution is -2.41. The summed E-state index contributed by atoms with van der Waals surface area (Å²) in [5.74, 6) is 0.240. The molecule has 1 aromatic carbocycles. The maximum absolute atomic E-state index is 13.2. The molecule has 0 saturated carbocycles. The van der Waals surface area contributed by atoms with Gasteiger partial charge in [-0.3, -0.25) is 9.59 Å². The van der Waals surface area contributed by atoms with E-state index in [-0.39, 0.29) is 22.8 Å². The van der Waals surface area contributed by atoms with Crippen molar-refractivity contribution in [3.05, 3.63) is 50.3 Å². The molecule has 1 aliphatic rings. The summed E-state index contributed by atoms with van der Waals surface area (Å²) in [6.07, 6.45) is 2.87. The number of hydrogen-bond donors (Lipinski definition) is 2. The summed E-state index contributed by atoms with van der Waals surface area (Å²) in [6, 6.07) is 7.33. The number of thiophene rings is 1. The first-order valence-corrected chi connectivity index (χ1v) is 12.0. The number of rotatable bonds is 3. The molecular formula is C24H31BrN2O2S. The molecule has 6 heteroatoms. The number of fused-ring (bicyclic) bond motifs is 1. The fraction of sp³-hybridized carbons (Fsp3) is 0.500. The molecule has 1 aromatic heterocycles. The molecule has 0 radical (unpaired) electrons. The average Bonchev–Trinajstić information content (AvgIpc) is 2.96. The van der Waals surface area contributed by atoms with Gasteiger partial charge in [-0.25, -0.2) is 0 Å². The standard InChI is InChI=1S/C24H31BrN2O2S/c1-23(2,3)14-11-12-16-18(13-14)30-22(19(16)21(29)27-24(4,5)6)26-20(28)15-9-7-8-10-17(15)25/h7-10,14H,11-13H2,1-6H3,(H,26,28)(H,27,29). The Balaban J connectivity index is 1.99. The predicted molar refractivity (Wildman–Crippen MR) is 129 cm³/mol. The Morgan fingerprint density at radius 1 is 1.07 bits per heavy atom. The van der Waals surface area contributed by atoms with Gasteiger partial charge in [0, 0.05) is 14.9 Å². The zero-order valence-electron chi connectivity index (χ0n) is 18.6. The molecule has 0 saturated heterocycles. The van der Waals surface area contributed by atoms with Crippen molar-refractivity contribution in [1.82, 2.24) is 5.32 Å². The van der Waals surface area contributed by atoms with Crippen molar-refractivity contribution < 1.29 is 9.59 Å². The van der Waals surface area contributed by atoms with Crippen LogP contribution in [0, 0.1) is 11.3 Å². The van der Waals surface area contributed by atoms with Gasteiger partial charge in [-0.05, 0) is 85.0 Å². The molecule has 4 nitrogen and oxygen atoms in total. The van der Waals surface area contributed by atoms with Crippen molar-refractivity contribution in [3.63, 3.8) is 0 Å². The van der Waals surface area contributed by atoms with Gasteiger partial charge in [0.2, 0.25) is 0 Å². The van der Waals surface area contributed by atoms with Crippen LogP contribution in [0.1, 0.15) is 79.1 Å². The highest BCUT2D eigenvalue weighted by atomic mass is 79.9. The SMILES string of the molecule is CC(C)(C)NC(=O)c1c(NC(=O)c2ccccc2Br)sc2c1CCC(C(C)(C)C)C2. The molecule has 0 bridgehead atoms. The number of hydrogen-bond acceptors (Lipinski definition) is 3. The van der Waals surface area contributed by atoms with Crippen molar-refractivity contribution >= 4 is 44.1 Å². The number of nitrogens with one attached hydrogen (secondary N) is 2. The second-order valence-electron chi connectivity index (χ2n) is 10.2. The minimum Gasteiger partial charge on any atom is -0.347 e. The summed E-state index contributed by atoms with van der Waals surface area (Å²) < 4.78 is 0.734. The Labute approximate surface area is 192 Å². The second-order valence-corrected chi connectivity index (χ2v) is 12.1. The van der Waals surface area contributed by atoms with Crippen molar-refractivity contribution in [3.8, 4) is 0 Å². The number of amides is 2. The Bertz CT molecular complexity index is 967. The molecule has 0 aliphatic heterocycles. The van der Waals surface area contributed by atoms with E-state index >= 15 is 0 Å². The lowest BCUT2D eigenvalue weighted by atomic mass is 9.72. The highest BCUT2D eigenvalue weighted by Gasteiger charge is 2.34. The fourth-order valence-electron chi connectivity index (χ4n) is 3.87. The lowest BCUT2D eigenvalue weighted by molar-refractivity contribution is 0.0919. The highest BCUT2D eigenvalue weighted by Crippen LogP contribution is 2.44. The van der Waals surface area contributed by atoms with Gasteiger partial charge in [0.25, 0.3) is 11.8 Å². The van der Waals surface area contributed by atoms with E-state index in [9.17, 15) is 9.59 Å². The Kier molecular flexibility index (Phi) is 6.49. The van der Waals surface area contributed by atoms with Crippen LogP contribution in [0.3, 0.4) is 0 Å². The van der Waals surface area contributed by atoms with E-state index in [1.54, 1.807) is 17.4 Å². The number of anilines is 1. The third-order valence-electron chi connectivity index (χ3n) is 5.55.